The van der Waals surface area contributed by atoms with Gasteiger partial charge in [0.25, 0.3) is 0 Å². The number of methoxy groups -OCH3 is 1. The number of carboxylic acids is 1. The Morgan fingerprint density at radius 3 is 2.16 bits per heavy atom. The number of hydrogen-bond donors (Lipinski definition) is 2. The molecule has 0 bridgehead atoms. The van der Waals surface area contributed by atoms with E-state index in [-0.39, 0.29) is 5.97 Å². The van der Waals surface area contributed by atoms with E-state index in [0.717, 1.165) is 0 Å². The first-order chi connectivity index (χ1) is 8.97. The van der Waals surface area contributed by atoms with E-state index in [1.54, 1.807) is 22.9 Å². The molecule has 102 valence electrons. The first-order valence-electron chi connectivity index (χ1n) is 4.85. The van der Waals surface area contributed by atoms with E-state index < -0.39 is 5.97 Å². The lowest BCUT2D eigenvalue weighted by molar-refractivity contribution is 0.0606. The highest BCUT2D eigenvalue weighted by molar-refractivity contribution is 9.10. The normalized spacial score (nSPS) is 9.37. The van der Waals surface area contributed by atoms with Crippen molar-refractivity contribution in [3.8, 4) is 0 Å². The predicted molar refractivity (Wildman–Crippen MR) is 79.0 cm³/mol. The minimum atomic E-state index is -0.878. The summed E-state index contributed by atoms with van der Waals surface area (Å²) in [5.74, 6) is -1.25. The van der Waals surface area contributed by atoms with Crippen LogP contribution in [0.1, 0.15) is 19.3 Å². The van der Waals surface area contributed by atoms with Gasteiger partial charge in [0.05, 0.1) is 12.8 Å². The molecule has 0 unspecified atom stereocenters. The lowest BCUT2D eigenvalue weighted by Crippen LogP contribution is -2.00. The van der Waals surface area contributed by atoms with Crippen LogP contribution in [0.4, 0.5) is 5.69 Å². The van der Waals surface area contributed by atoms with Crippen LogP contribution in [0.5, 0.6) is 0 Å². The largest absolute Gasteiger partial charge is 0.477 e. The summed E-state index contributed by atoms with van der Waals surface area (Å²) in [6, 6.07) is 3.39. The molecular formula is C11H10BrNO4S2. The number of aromatic carboxylic acids is 1. The molecule has 0 atom stereocenters. The Morgan fingerprint density at radius 1 is 1.26 bits per heavy atom. The Hall–Kier alpha value is -1.38. The van der Waals surface area contributed by atoms with Gasteiger partial charge in [0, 0.05) is 4.47 Å². The van der Waals surface area contributed by atoms with Crippen molar-refractivity contribution in [1.82, 2.24) is 0 Å². The van der Waals surface area contributed by atoms with Crippen LogP contribution in [0, 0.1) is 0 Å². The fourth-order valence-corrected chi connectivity index (χ4v) is 3.14. The summed E-state index contributed by atoms with van der Waals surface area (Å²) < 4.78 is 5.12. The molecule has 0 aliphatic heterocycles. The molecule has 0 aliphatic carbocycles. The summed E-state index contributed by atoms with van der Waals surface area (Å²) in [6.07, 6.45) is 0. The number of rotatable bonds is 2. The number of carbonyl (C=O) groups is 2. The highest BCUT2D eigenvalue weighted by atomic mass is 79.9. The van der Waals surface area contributed by atoms with Crippen molar-refractivity contribution in [3.05, 3.63) is 37.1 Å². The van der Waals surface area contributed by atoms with Crippen LogP contribution in [-0.4, -0.2) is 24.2 Å². The van der Waals surface area contributed by atoms with E-state index in [2.05, 4.69) is 20.7 Å². The fraction of sp³-hybridized carbons (Fsp3) is 0.0909. The first-order valence-corrected chi connectivity index (χ1v) is 7.40. The molecule has 0 amide bonds. The van der Waals surface area contributed by atoms with Crippen LogP contribution in [0.15, 0.2) is 27.4 Å². The van der Waals surface area contributed by atoms with Crippen LogP contribution >= 0.6 is 38.6 Å². The number of thiophene rings is 2. The monoisotopic (exact) mass is 363 g/mol. The molecule has 0 saturated carbocycles. The minimum absolute atomic E-state index is 0.356. The molecule has 2 aromatic heterocycles. The highest BCUT2D eigenvalue weighted by Gasteiger charge is 2.09. The van der Waals surface area contributed by atoms with Gasteiger partial charge >= 0.3 is 11.9 Å². The Morgan fingerprint density at radius 2 is 1.84 bits per heavy atom. The third-order valence-electron chi connectivity index (χ3n) is 1.88. The highest BCUT2D eigenvalue weighted by Crippen LogP contribution is 2.21. The van der Waals surface area contributed by atoms with Gasteiger partial charge in [-0.1, -0.05) is 0 Å². The van der Waals surface area contributed by atoms with Gasteiger partial charge in [0.2, 0.25) is 0 Å². The Labute approximate surface area is 125 Å². The summed E-state index contributed by atoms with van der Waals surface area (Å²) in [5, 5.41) is 11.9. The molecule has 19 heavy (non-hydrogen) atoms. The smallest absolute Gasteiger partial charge is 0.350 e. The van der Waals surface area contributed by atoms with Crippen LogP contribution in [-0.2, 0) is 4.74 Å². The third kappa shape index (κ3) is 4.34. The average Bonchev–Trinajstić information content (AvgIpc) is 2.97. The second-order valence-electron chi connectivity index (χ2n) is 3.10. The summed E-state index contributed by atoms with van der Waals surface area (Å²) >= 11 is 5.59. The molecule has 0 spiro atoms. The molecule has 0 radical (unpaired) electrons. The maximum Gasteiger partial charge on any atom is 0.350 e. The van der Waals surface area contributed by atoms with E-state index in [4.69, 9.17) is 10.8 Å². The van der Waals surface area contributed by atoms with Crippen molar-refractivity contribution in [2.75, 3.05) is 12.8 Å². The zero-order valence-electron chi connectivity index (χ0n) is 9.75. The number of carboxylic acid groups (broad SMARTS) is 1. The van der Waals surface area contributed by atoms with Crippen molar-refractivity contribution in [3.63, 3.8) is 0 Å². The summed E-state index contributed by atoms with van der Waals surface area (Å²) in [4.78, 5) is 21.9. The van der Waals surface area contributed by atoms with Crippen LogP contribution in [0.25, 0.3) is 0 Å². The van der Waals surface area contributed by atoms with Gasteiger partial charge in [-0.25, -0.2) is 9.59 Å². The zero-order valence-corrected chi connectivity index (χ0v) is 13.0. The van der Waals surface area contributed by atoms with Gasteiger partial charge in [-0.3, -0.25) is 0 Å². The number of nitrogens with two attached hydrogens (primary N) is 1. The number of ether oxygens (including phenoxy) is 1. The second-order valence-corrected chi connectivity index (χ2v) is 5.79. The average molecular weight is 364 g/mol. The first kappa shape index (κ1) is 15.7. The molecule has 0 fully saturated rings. The second kappa shape index (κ2) is 7.27. The van der Waals surface area contributed by atoms with Crippen molar-refractivity contribution >= 4 is 56.2 Å². The lowest BCUT2D eigenvalue weighted by atomic mass is 10.4. The van der Waals surface area contributed by atoms with Gasteiger partial charge in [0.15, 0.2) is 0 Å². The molecule has 8 heteroatoms. The molecule has 2 rings (SSSR count). The Balaban J connectivity index is 0.000000191. The minimum Gasteiger partial charge on any atom is -0.477 e. The number of esters is 1. The number of anilines is 1. The van der Waals surface area contributed by atoms with E-state index in [0.29, 0.717) is 19.9 Å². The van der Waals surface area contributed by atoms with Gasteiger partial charge in [-0.15, -0.1) is 22.7 Å². The maximum atomic E-state index is 10.8. The number of nitrogen functional groups attached to an aromatic ring is 1. The molecular weight excluding hydrogens is 354 g/mol. The van der Waals surface area contributed by atoms with E-state index in [1.165, 1.54) is 29.8 Å². The third-order valence-corrected chi connectivity index (χ3v) is 4.61. The quantitative estimate of drug-likeness (QED) is 0.798. The van der Waals surface area contributed by atoms with Crippen molar-refractivity contribution < 1.29 is 19.4 Å². The number of hydrogen-bond acceptors (Lipinski definition) is 6. The Kier molecular flexibility index (Phi) is 6.00. The lowest BCUT2D eigenvalue weighted by Gasteiger charge is -1.94. The van der Waals surface area contributed by atoms with Gasteiger partial charge in [-0.2, -0.15) is 0 Å². The van der Waals surface area contributed by atoms with Crippen LogP contribution in [0.3, 0.4) is 0 Å². The van der Waals surface area contributed by atoms with E-state index >= 15 is 0 Å². The summed E-state index contributed by atoms with van der Waals surface area (Å²) in [6.45, 7) is 0. The maximum absolute atomic E-state index is 10.8. The molecule has 5 nitrogen and oxygen atoms in total. The van der Waals surface area contributed by atoms with Crippen molar-refractivity contribution in [1.29, 1.82) is 0 Å². The topological polar surface area (TPSA) is 89.6 Å². The number of halogens is 1. The van der Waals surface area contributed by atoms with Gasteiger partial charge in [0.1, 0.15) is 9.75 Å². The molecule has 0 aliphatic rings. The van der Waals surface area contributed by atoms with Crippen molar-refractivity contribution in [2.45, 2.75) is 0 Å². The van der Waals surface area contributed by atoms with Gasteiger partial charge < -0.3 is 15.6 Å². The molecule has 0 aromatic carbocycles. The van der Waals surface area contributed by atoms with Crippen LogP contribution < -0.4 is 5.73 Å². The molecule has 2 aromatic rings. The van der Waals surface area contributed by atoms with E-state index in [9.17, 15) is 9.59 Å². The SMILES string of the molecule is COC(=O)c1sccc1N.O=C(O)c1sccc1Br. The predicted octanol–water partition coefficient (Wildman–Crippen LogP) is 3.33. The van der Waals surface area contributed by atoms with Crippen molar-refractivity contribution in [2.24, 2.45) is 0 Å². The summed E-state index contributed by atoms with van der Waals surface area (Å²) in [7, 11) is 1.33. The molecule has 3 N–H and O–H groups in total. The standard InChI is InChI=1S/C6H7NO2S.C5H3BrO2S/c1-9-6(8)5-4(7)2-3-10-5;6-3-1-2-9-4(3)5(7)8/h2-3H,7H2,1H3;1-2H,(H,7,8). The fourth-order valence-electron chi connectivity index (χ4n) is 1.02. The molecule has 0 saturated heterocycles. The zero-order chi connectivity index (χ0) is 14.4. The van der Waals surface area contributed by atoms with E-state index in [1.807, 2.05) is 0 Å². The molecule has 2 heterocycles. The van der Waals surface area contributed by atoms with Gasteiger partial charge in [-0.05, 0) is 38.8 Å². The number of carbonyl (C=O) groups excluding carboxylic acids is 1. The Bertz CT molecular complexity index is 579. The van der Waals surface area contributed by atoms with Crippen LogP contribution in [0.2, 0.25) is 0 Å². The summed E-state index contributed by atoms with van der Waals surface area (Å²) in [5.41, 5.74) is 5.91.